The Morgan fingerprint density at radius 1 is 1.33 bits per heavy atom. The van der Waals surface area contributed by atoms with E-state index in [1.165, 1.54) is 7.11 Å². The number of carbonyl (C=O) groups is 2. The van der Waals surface area contributed by atoms with Crippen molar-refractivity contribution >= 4 is 17.9 Å². The van der Waals surface area contributed by atoms with Crippen molar-refractivity contribution < 1.29 is 14.3 Å². The van der Waals surface area contributed by atoms with Crippen LogP contribution in [0.4, 0.5) is 5.69 Å². The molecule has 1 fully saturated rings. The molecule has 1 heterocycles. The standard InChI is InChI=1S/C16H22N2O3/c1-17(11-16(20)21-2)14-7-9-18(10-8-14)15-5-3-13(12-19)4-6-15/h3-6,12,14H,7-11H2,1-2H3. The number of hydrogen-bond donors (Lipinski definition) is 0. The van der Waals surface area contributed by atoms with Crippen molar-refractivity contribution in [2.75, 3.05) is 38.7 Å². The first-order valence-corrected chi connectivity index (χ1v) is 7.21. The molecule has 0 aromatic heterocycles. The summed E-state index contributed by atoms with van der Waals surface area (Å²) in [7, 11) is 3.39. The maximum absolute atomic E-state index is 11.3. The quantitative estimate of drug-likeness (QED) is 0.608. The zero-order valence-corrected chi connectivity index (χ0v) is 12.6. The van der Waals surface area contributed by atoms with Gasteiger partial charge in [0.05, 0.1) is 13.7 Å². The second-order valence-electron chi connectivity index (χ2n) is 5.42. The van der Waals surface area contributed by atoms with Crippen LogP contribution in [0.15, 0.2) is 24.3 Å². The molecule has 0 aliphatic carbocycles. The number of hydrogen-bond acceptors (Lipinski definition) is 5. The van der Waals surface area contributed by atoms with E-state index in [9.17, 15) is 9.59 Å². The molecule has 5 nitrogen and oxygen atoms in total. The fraction of sp³-hybridized carbons (Fsp3) is 0.500. The zero-order valence-electron chi connectivity index (χ0n) is 12.6. The highest BCUT2D eigenvalue weighted by molar-refractivity contribution is 5.75. The van der Waals surface area contributed by atoms with Crippen LogP contribution in [0.25, 0.3) is 0 Å². The average Bonchev–Trinajstić information content (AvgIpc) is 2.55. The molecule has 0 atom stereocenters. The van der Waals surface area contributed by atoms with Crippen LogP contribution in [0.3, 0.4) is 0 Å². The number of benzene rings is 1. The van der Waals surface area contributed by atoms with Gasteiger partial charge >= 0.3 is 5.97 Å². The summed E-state index contributed by atoms with van der Waals surface area (Å²) in [4.78, 5) is 26.4. The predicted octanol–water partition coefficient (Wildman–Crippen LogP) is 1.57. The van der Waals surface area contributed by atoms with Gasteiger partial charge in [0.25, 0.3) is 0 Å². The molecule has 0 unspecified atom stereocenters. The third-order valence-electron chi connectivity index (χ3n) is 4.09. The van der Waals surface area contributed by atoms with Gasteiger partial charge in [0.2, 0.25) is 0 Å². The number of aldehydes is 1. The predicted molar refractivity (Wildman–Crippen MR) is 81.7 cm³/mol. The second-order valence-corrected chi connectivity index (χ2v) is 5.42. The van der Waals surface area contributed by atoms with Crippen molar-refractivity contribution in [3.05, 3.63) is 29.8 Å². The zero-order chi connectivity index (χ0) is 15.2. The van der Waals surface area contributed by atoms with Crippen molar-refractivity contribution in [2.24, 2.45) is 0 Å². The van der Waals surface area contributed by atoms with Gasteiger partial charge in [-0.05, 0) is 44.2 Å². The molecular weight excluding hydrogens is 268 g/mol. The molecule has 0 amide bonds. The average molecular weight is 290 g/mol. The number of esters is 1. The first-order chi connectivity index (χ1) is 10.1. The van der Waals surface area contributed by atoms with Crippen LogP contribution >= 0.6 is 0 Å². The molecule has 21 heavy (non-hydrogen) atoms. The third-order valence-corrected chi connectivity index (χ3v) is 4.09. The summed E-state index contributed by atoms with van der Waals surface area (Å²) in [5, 5.41) is 0. The monoisotopic (exact) mass is 290 g/mol. The lowest BCUT2D eigenvalue weighted by atomic mass is 10.0. The number of ether oxygens (including phenoxy) is 1. The largest absolute Gasteiger partial charge is 0.468 e. The summed E-state index contributed by atoms with van der Waals surface area (Å²) in [6.45, 7) is 2.25. The van der Waals surface area contributed by atoms with E-state index in [0.29, 0.717) is 18.2 Å². The fourth-order valence-corrected chi connectivity index (χ4v) is 2.73. The first-order valence-electron chi connectivity index (χ1n) is 7.21. The Balaban J connectivity index is 1.87. The molecule has 1 aliphatic rings. The number of methoxy groups -OCH3 is 1. The van der Waals surface area contributed by atoms with Gasteiger partial charge < -0.3 is 9.64 Å². The summed E-state index contributed by atoms with van der Waals surface area (Å²) in [6.07, 6.45) is 2.89. The summed E-state index contributed by atoms with van der Waals surface area (Å²) in [5.41, 5.74) is 1.85. The highest BCUT2D eigenvalue weighted by atomic mass is 16.5. The Labute approximate surface area is 125 Å². The lowest BCUT2D eigenvalue weighted by Crippen LogP contribution is -2.45. The van der Waals surface area contributed by atoms with Crippen molar-refractivity contribution in [1.29, 1.82) is 0 Å². The molecule has 2 rings (SSSR count). The molecule has 0 radical (unpaired) electrons. The number of anilines is 1. The van der Waals surface area contributed by atoms with E-state index < -0.39 is 0 Å². The van der Waals surface area contributed by atoms with Crippen molar-refractivity contribution in [3.63, 3.8) is 0 Å². The first kappa shape index (κ1) is 15.5. The Morgan fingerprint density at radius 2 is 1.95 bits per heavy atom. The molecule has 1 saturated heterocycles. The molecule has 0 saturated carbocycles. The Hall–Kier alpha value is -1.88. The minimum atomic E-state index is -0.190. The van der Waals surface area contributed by atoms with E-state index in [1.807, 2.05) is 31.3 Å². The van der Waals surface area contributed by atoms with Crippen LogP contribution in [0.5, 0.6) is 0 Å². The van der Waals surface area contributed by atoms with E-state index in [1.54, 1.807) is 0 Å². The summed E-state index contributed by atoms with van der Waals surface area (Å²) >= 11 is 0. The van der Waals surface area contributed by atoms with E-state index in [4.69, 9.17) is 4.74 Å². The van der Waals surface area contributed by atoms with E-state index in [-0.39, 0.29) is 5.97 Å². The normalized spacial score (nSPS) is 16.0. The van der Waals surface area contributed by atoms with Gasteiger partial charge in [-0.3, -0.25) is 14.5 Å². The third kappa shape index (κ3) is 4.04. The van der Waals surface area contributed by atoms with Crippen LogP contribution in [-0.2, 0) is 9.53 Å². The van der Waals surface area contributed by atoms with E-state index in [2.05, 4.69) is 9.80 Å². The molecule has 1 aromatic rings. The number of piperidine rings is 1. The fourth-order valence-electron chi connectivity index (χ4n) is 2.73. The topological polar surface area (TPSA) is 49.9 Å². The molecule has 0 N–H and O–H groups in total. The molecule has 114 valence electrons. The minimum absolute atomic E-state index is 0.190. The van der Waals surface area contributed by atoms with Gasteiger partial charge in [-0.2, -0.15) is 0 Å². The number of nitrogens with zero attached hydrogens (tertiary/aromatic N) is 2. The number of carbonyl (C=O) groups excluding carboxylic acids is 2. The van der Waals surface area contributed by atoms with Crippen LogP contribution < -0.4 is 4.90 Å². The summed E-state index contributed by atoms with van der Waals surface area (Å²) < 4.78 is 4.70. The minimum Gasteiger partial charge on any atom is -0.468 e. The lowest BCUT2D eigenvalue weighted by molar-refractivity contribution is -0.142. The Bertz CT molecular complexity index is 479. The van der Waals surface area contributed by atoms with Crippen LogP contribution in [0.2, 0.25) is 0 Å². The number of likely N-dealkylation sites (N-methyl/N-ethyl adjacent to an activating group) is 1. The van der Waals surface area contributed by atoms with Crippen molar-refractivity contribution in [3.8, 4) is 0 Å². The number of rotatable bonds is 5. The van der Waals surface area contributed by atoms with Gasteiger partial charge in [-0.25, -0.2) is 0 Å². The van der Waals surface area contributed by atoms with Gasteiger partial charge in [0.15, 0.2) is 0 Å². The molecule has 0 bridgehead atoms. The second kappa shape index (κ2) is 7.22. The van der Waals surface area contributed by atoms with Crippen LogP contribution in [0.1, 0.15) is 23.2 Å². The van der Waals surface area contributed by atoms with Crippen molar-refractivity contribution in [2.45, 2.75) is 18.9 Å². The molecule has 0 spiro atoms. The smallest absolute Gasteiger partial charge is 0.319 e. The van der Waals surface area contributed by atoms with Crippen molar-refractivity contribution in [1.82, 2.24) is 4.90 Å². The van der Waals surface area contributed by atoms with E-state index >= 15 is 0 Å². The van der Waals surface area contributed by atoms with Gasteiger partial charge in [-0.1, -0.05) is 0 Å². The highest BCUT2D eigenvalue weighted by Gasteiger charge is 2.23. The Kier molecular flexibility index (Phi) is 5.33. The lowest BCUT2D eigenvalue weighted by Gasteiger charge is -2.37. The van der Waals surface area contributed by atoms with Crippen LogP contribution in [-0.4, -0.2) is 57.0 Å². The summed E-state index contributed by atoms with van der Waals surface area (Å²) in [5.74, 6) is -0.190. The molecule has 1 aromatic carbocycles. The van der Waals surface area contributed by atoms with Gasteiger partial charge in [0, 0.05) is 30.4 Å². The maximum Gasteiger partial charge on any atom is 0.319 e. The van der Waals surface area contributed by atoms with Gasteiger partial charge in [0.1, 0.15) is 6.29 Å². The van der Waals surface area contributed by atoms with E-state index in [0.717, 1.165) is 37.9 Å². The molecule has 5 heteroatoms. The molecule has 1 aliphatic heterocycles. The van der Waals surface area contributed by atoms with Crippen LogP contribution in [0, 0.1) is 0 Å². The maximum atomic E-state index is 11.3. The van der Waals surface area contributed by atoms with Gasteiger partial charge in [-0.15, -0.1) is 0 Å². The summed E-state index contributed by atoms with van der Waals surface area (Å²) in [6, 6.07) is 8.08. The Morgan fingerprint density at radius 3 is 2.48 bits per heavy atom. The SMILES string of the molecule is COC(=O)CN(C)C1CCN(c2ccc(C=O)cc2)CC1. The highest BCUT2D eigenvalue weighted by Crippen LogP contribution is 2.22. The molecular formula is C16H22N2O3.